The molecule has 2 N–H and O–H groups in total. The zero-order valence-electron chi connectivity index (χ0n) is 28.9. The lowest BCUT2D eigenvalue weighted by atomic mass is 9.91. The molecule has 1 aromatic carbocycles. The fourth-order valence-corrected chi connectivity index (χ4v) is 6.63. The molecule has 0 saturated heterocycles. The Labute approximate surface area is 278 Å². The second-order valence-electron chi connectivity index (χ2n) is 15.2. The molecule has 0 aliphatic heterocycles. The molecule has 2 heterocycles. The maximum atomic E-state index is 14.7. The summed E-state index contributed by atoms with van der Waals surface area (Å²) in [5.41, 5.74) is 2.68. The Morgan fingerprint density at radius 3 is 2.34 bits per heavy atom. The maximum Gasteiger partial charge on any atom is 0.407 e. The average molecular weight is 668 g/mol. The second kappa shape index (κ2) is 14.3. The predicted octanol–water partition coefficient (Wildman–Crippen LogP) is 7.21. The van der Waals surface area contributed by atoms with Crippen LogP contribution in [-0.4, -0.2) is 65.5 Å². The van der Waals surface area contributed by atoms with E-state index in [0.717, 1.165) is 44.6 Å². The molecule has 2 aliphatic carbocycles. The number of rotatable bonds is 12. The first kappa shape index (κ1) is 34.8. The van der Waals surface area contributed by atoms with Gasteiger partial charge in [0, 0.05) is 38.0 Å². The van der Waals surface area contributed by atoms with Gasteiger partial charge >= 0.3 is 6.09 Å². The third kappa shape index (κ3) is 9.31. The Bertz CT molecular complexity index is 1590. The van der Waals surface area contributed by atoms with E-state index in [1.807, 2.05) is 32.3 Å². The number of amides is 2. The van der Waals surface area contributed by atoms with Crippen LogP contribution in [0.4, 0.5) is 9.18 Å². The highest BCUT2D eigenvalue weighted by molar-refractivity contribution is 6.76. The van der Waals surface area contributed by atoms with Crippen LogP contribution in [0.3, 0.4) is 0 Å². The van der Waals surface area contributed by atoms with Crippen LogP contribution in [-0.2, 0) is 16.2 Å². The van der Waals surface area contributed by atoms with Crippen LogP contribution in [0.5, 0.6) is 5.75 Å². The highest BCUT2D eigenvalue weighted by Gasteiger charge is 2.30. The largest absolute Gasteiger partial charge is 0.493 e. The first-order chi connectivity index (χ1) is 22.2. The number of fused-ring (bicyclic) bond motifs is 1. The molecule has 256 valence electrons. The quantitative estimate of drug-likeness (QED) is 0.155. The number of nitrogens with zero attached hydrogens (tertiary/aromatic N) is 3. The average Bonchev–Trinajstić information content (AvgIpc) is 3.76. The van der Waals surface area contributed by atoms with Crippen molar-refractivity contribution in [3.05, 3.63) is 41.6 Å². The Morgan fingerprint density at radius 1 is 1.02 bits per heavy atom. The molecule has 5 rings (SSSR count). The van der Waals surface area contributed by atoms with Gasteiger partial charge in [-0.1, -0.05) is 19.6 Å². The van der Waals surface area contributed by atoms with Gasteiger partial charge in [-0.15, -0.1) is 0 Å². The van der Waals surface area contributed by atoms with Crippen molar-refractivity contribution in [3.8, 4) is 17.0 Å². The number of nitrogens with one attached hydrogen (secondary N) is 2. The smallest absolute Gasteiger partial charge is 0.407 e. The summed E-state index contributed by atoms with van der Waals surface area (Å²) < 4.78 is 34.4. The normalized spacial score (nSPS) is 18.6. The monoisotopic (exact) mass is 667 g/mol. The fourth-order valence-electron chi connectivity index (χ4n) is 5.88. The predicted molar refractivity (Wildman–Crippen MR) is 183 cm³/mol. The Hall–Kier alpha value is -3.51. The molecule has 3 aromatic rings. The molecule has 0 atom stereocenters. The number of ether oxygens (including phenoxy) is 3. The minimum Gasteiger partial charge on any atom is -0.493 e. The summed E-state index contributed by atoms with van der Waals surface area (Å²) in [5.74, 6) is 0.432. The van der Waals surface area contributed by atoms with Crippen molar-refractivity contribution in [2.24, 2.45) is 5.92 Å². The second-order valence-corrected chi connectivity index (χ2v) is 20.8. The number of hydrogen-bond donors (Lipinski definition) is 2. The topological polar surface area (TPSA) is 117 Å². The standard InChI is InChI=1S/C35H50FN5O5Si/c1-22-29(33(42)39-25-11-13-26(14-12-25)40-34(43)46-35(2,3)4)31-32(41(22)21-44-16-17-47(5,6)7)30(37-20-38-31)27-18-24(36)10-15-28(27)45-19-23-8-9-23/h10,15,18,20,23,25-26H,8-9,11-14,16-17,19,21H2,1-7H3,(H,39,42)(H,40,43). The minimum absolute atomic E-state index is 0.00661. The highest BCUT2D eigenvalue weighted by atomic mass is 28.3. The Kier molecular flexibility index (Phi) is 10.6. The number of halogens is 1. The van der Waals surface area contributed by atoms with Crippen LogP contribution in [0.15, 0.2) is 24.5 Å². The molecule has 10 nitrogen and oxygen atoms in total. The first-order valence-corrected chi connectivity index (χ1v) is 20.5. The maximum absolute atomic E-state index is 14.7. The van der Waals surface area contributed by atoms with Gasteiger partial charge in [0.25, 0.3) is 5.91 Å². The van der Waals surface area contributed by atoms with E-state index in [4.69, 9.17) is 14.2 Å². The number of benzene rings is 1. The van der Waals surface area contributed by atoms with Crippen LogP contribution < -0.4 is 15.4 Å². The van der Waals surface area contributed by atoms with Crippen molar-refractivity contribution in [2.75, 3.05) is 13.2 Å². The summed E-state index contributed by atoms with van der Waals surface area (Å²) in [6, 6.07) is 5.41. The lowest BCUT2D eigenvalue weighted by Crippen LogP contribution is -2.45. The number of hydrogen-bond acceptors (Lipinski definition) is 7. The number of alkyl carbamates (subject to hydrolysis) is 1. The summed E-state index contributed by atoms with van der Waals surface area (Å²) in [6.07, 6.45) is 6.15. The minimum atomic E-state index is -1.33. The SMILES string of the molecule is Cc1c(C(=O)NC2CCC(NC(=O)OC(C)(C)C)CC2)c2ncnc(-c3cc(F)ccc3OCC3CC3)c2n1COCC[Si](C)(C)C. The van der Waals surface area contributed by atoms with Crippen LogP contribution in [0, 0.1) is 18.7 Å². The Balaban J connectivity index is 1.41. The van der Waals surface area contributed by atoms with E-state index in [1.54, 1.807) is 6.07 Å². The summed E-state index contributed by atoms with van der Waals surface area (Å²) >= 11 is 0. The molecule has 47 heavy (non-hydrogen) atoms. The van der Waals surface area contributed by atoms with Gasteiger partial charge in [0.2, 0.25) is 0 Å². The van der Waals surface area contributed by atoms with Crippen LogP contribution in [0.2, 0.25) is 25.7 Å². The molecule has 2 amide bonds. The van der Waals surface area contributed by atoms with Gasteiger partial charge in [0.05, 0.1) is 17.7 Å². The fraction of sp³-hybridized carbons (Fsp3) is 0.600. The molecule has 0 unspecified atom stereocenters. The summed E-state index contributed by atoms with van der Waals surface area (Å²) in [7, 11) is -1.33. The summed E-state index contributed by atoms with van der Waals surface area (Å²) in [4.78, 5) is 35.5. The third-order valence-electron chi connectivity index (χ3n) is 8.69. The first-order valence-electron chi connectivity index (χ1n) is 16.8. The number of carbonyl (C=O) groups excluding carboxylic acids is 2. The summed E-state index contributed by atoms with van der Waals surface area (Å²) in [6.45, 7) is 15.7. The molecule has 0 bridgehead atoms. The lowest BCUT2D eigenvalue weighted by molar-refractivity contribution is 0.0487. The van der Waals surface area contributed by atoms with E-state index in [0.29, 0.717) is 58.4 Å². The summed E-state index contributed by atoms with van der Waals surface area (Å²) in [5, 5.41) is 6.18. The van der Waals surface area contributed by atoms with Crippen LogP contribution in [0.1, 0.15) is 75.3 Å². The molecule has 0 radical (unpaired) electrons. The zero-order valence-corrected chi connectivity index (χ0v) is 29.9. The van der Waals surface area contributed by atoms with Gasteiger partial charge in [-0.05, 0) is 96.4 Å². The van der Waals surface area contributed by atoms with Crippen molar-refractivity contribution in [1.29, 1.82) is 0 Å². The number of aromatic nitrogens is 3. The molecule has 2 aliphatic rings. The van der Waals surface area contributed by atoms with Crippen molar-refractivity contribution < 1.29 is 28.2 Å². The third-order valence-corrected chi connectivity index (χ3v) is 10.4. The molecule has 0 spiro atoms. The van der Waals surface area contributed by atoms with Gasteiger partial charge in [-0.25, -0.2) is 19.2 Å². The van der Waals surface area contributed by atoms with Crippen molar-refractivity contribution in [2.45, 2.75) is 116 Å². The van der Waals surface area contributed by atoms with E-state index in [-0.39, 0.29) is 24.7 Å². The van der Waals surface area contributed by atoms with Crippen molar-refractivity contribution in [3.63, 3.8) is 0 Å². The highest BCUT2D eigenvalue weighted by Crippen LogP contribution is 2.38. The molecular formula is C35H50FN5O5Si. The van der Waals surface area contributed by atoms with Crippen molar-refractivity contribution >= 4 is 31.1 Å². The van der Waals surface area contributed by atoms with E-state index >= 15 is 0 Å². The molecule has 2 aromatic heterocycles. The van der Waals surface area contributed by atoms with E-state index in [1.165, 1.54) is 18.5 Å². The van der Waals surface area contributed by atoms with Gasteiger partial charge in [-0.2, -0.15) is 0 Å². The van der Waals surface area contributed by atoms with E-state index in [2.05, 4.69) is 40.2 Å². The van der Waals surface area contributed by atoms with Crippen LogP contribution >= 0.6 is 0 Å². The van der Waals surface area contributed by atoms with Crippen molar-refractivity contribution in [1.82, 2.24) is 25.2 Å². The van der Waals surface area contributed by atoms with Gasteiger partial charge in [0.1, 0.15) is 41.4 Å². The van der Waals surface area contributed by atoms with Gasteiger partial charge in [-0.3, -0.25) is 4.79 Å². The molecule has 12 heteroatoms. The molecular weight excluding hydrogens is 617 g/mol. The van der Waals surface area contributed by atoms with Crippen LogP contribution in [0.25, 0.3) is 22.3 Å². The Morgan fingerprint density at radius 2 is 1.70 bits per heavy atom. The van der Waals surface area contributed by atoms with Gasteiger partial charge < -0.3 is 29.4 Å². The molecule has 2 saturated carbocycles. The van der Waals surface area contributed by atoms with E-state index in [9.17, 15) is 14.0 Å². The van der Waals surface area contributed by atoms with E-state index < -0.39 is 25.6 Å². The zero-order chi connectivity index (χ0) is 33.9. The number of carbonyl (C=O) groups is 2. The lowest BCUT2D eigenvalue weighted by Gasteiger charge is -2.30. The van der Waals surface area contributed by atoms with Gasteiger partial charge in [0.15, 0.2) is 0 Å². The molecule has 2 fully saturated rings.